The molecule has 2 aromatic carbocycles. The Labute approximate surface area is 148 Å². The Bertz CT molecular complexity index is 920. The Morgan fingerprint density at radius 2 is 1.69 bits per heavy atom. The molecule has 1 aliphatic rings. The van der Waals surface area contributed by atoms with Crippen molar-refractivity contribution >= 4 is 29.4 Å². The highest BCUT2D eigenvalue weighted by atomic mass is 16.5. The Kier molecular flexibility index (Phi) is 4.40. The lowest BCUT2D eigenvalue weighted by Crippen LogP contribution is -2.28. The van der Waals surface area contributed by atoms with Crippen LogP contribution in [0.25, 0.3) is 0 Å². The molecule has 0 saturated carbocycles. The number of imide groups is 1. The van der Waals surface area contributed by atoms with Gasteiger partial charge in [0.25, 0.3) is 17.7 Å². The summed E-state index contributed by atoms with van der Waals surface area (Å²) in [5, 5.41) is 13.0. The van der Waals surface area contributed by atoms with Crippen LogP contribution in [0.2, 0.25) is 0 Å². The number of hydrogen-bond acceptors (Lipinski definition) is 6. The van der Waals surface area contributed by atoms with E-state index < -0.39 is 30.3 Å². The monoisotopic (exact) mass is 353 g/mol. The maximum absolute atomic E-state index is 12.3. The zero-order chi connectivity index (χ0) is 18.8. The van der Waals surface area contributed by atoms with Crippen LogP contribution in [0, 0.1) is 0 Å². The Balaban J connectivity index is 1.72. The summed E-state index contributed by atoms with van der Waals surface area (Å²) in [6.45, 7) is -0.567. The summed E-state index contributed by atoms with van der Waals surface area (Å²) in [6, 6.07) is 10.4. The smallest absolute Gasteiger partial charge is 0.261 e. The third-order valence-corrected chi connectivity index (χ3v) is 3.82. The number of aliphatic carboxylic acids is 1. The summed E-state index contributed by atoms with van der Waals surface area (Å²) >= 11 is 0. The summed E-state index contributed by atoms with van der Waals surface area (Å²) in [5.74, 6) is -2.32. The van der Waals surface area contributed by atoms with E-state index in [2.05, 4.69) is 5.32 Å². The number of carboxylic acid groups (broad SMARTS) is 1. The Morgan fingerprint density at radius 1 is 1.04 bits per heavy atom. The topological polar surface area (TPSA) is 116 Å². The van der Waals surface area contributed by atoms with Crippen molar-refractivity contribution in [3.05, 3.63) is 59.2 Å². The molecule has 3 amide bonds. The average Bonchev–Trinajstić information content (AvgIpc) is 2.85. The summed E-state index contributed by atoms with van der Waals surface area (Å²) < 4.78 is 4.95. The molecule has 1 heterocycles. The first-order valence-electron chi connectivity index (χ1n) is 7.57. The lowest BCUT2D eigenvalue weighted by atomic mass is 10.1. The number of amides is 3. The van der Waals surface area contributed by atoms with Crippen molar-refractivity contribution in [2.75, 3.05) is 19.0 Å². The molecule has 8 heteroatoms. The molecule has 0 saturated heterocycles. The molecule has 0 aromatic heterocycles. The quantitative estimate of drug-likeness (QED) is 0.773. The fourth-order valence-corrected chi connectivity index (χ4v) is 2.48. The van der Waals surface area contributed by atoms with E-state index in [1.165, 1.54) is 37.4 Å². The third kappa shape index (κ3) is 3.25. The van der Waals surface area contributed by atoms with E-state index in [1.807, 2.05) is 0 Å². The highest BCUT2D eigenvalue weighted by Gasteiger charge is 2.33. The predicted molar refractivity (Wildman–Crippen MR) is 87.8 cm³/mol. The van der Waals surface area contributed by atoms with Gasteiger partial charge in [0, 0.05) is 18.3 Å². The van der Waals surface area contributed by atoms with Crippen molar-refractivity contribution in [1.82, 2.24) is 4.90 Å². The molecule has 0 fully saturated rings. The molecule has 2 aromatic rings. The molecule has 3 rings (SSSR count). The van der Waals surface area contributed by atoms with Crippen LogP contribution in [0.5, 0.6) is 5.75 Å². The van der Waals surface area contributed by atoms with Crippen molar-refractivity contribution in [2.24, 2.45) is 0 Å². The number of nitrogens with one attached hydrogen (secondary N) is 1. The first-order chi connectivity index (χ1) is 12.4. The minimum atomic E-state index is -1.34. The molecule has 1 N–H and O–H groups in total. The van der Waals surface area contributed by atoms with Gasteiger partial charge < -0.3 is 20.0 Å². The predicted octanol–water partition coefficient (Wildman–Crippen LogP) is 0.293. The largest absolute Gasteiger partial charge is 0.546 e. The maximum Gasteiger partial charge on any atom is 0.261 e. The standard InChI is InChI=1S/C18H14N2O6/c1-20-17(24)13-7-2-10(8-14(13)18(20)25)16(23)19-11-3-5-12(6-4-11)26-9-15(21)22/h2-8H,9H2,1H3,(H,19,23)(H,21,22)/p-1. The molecule has 8 nitrogen and oxygen atoms in total. The number of benzene rings is 2. The molecule has 0 spiro atoms. The van der Waals surface area contributed by atoms with Crippen LogP contribution in [0.3, 0.4) is 0 Å². The van der Waals surface area contributed by atoms with Gasteiger partial charge in [-0.2, -0.15) is 0 Å². The van der Waals surface area contributed by atoms with Crippen LogP contribution in [0.4, 0.5) is 5.69 Å². The minimum Gasteiger partial charge on any atom is -0.546 e. The molecule has 26 heavy (non-hydrogen) atoms. The summed E-state index contributed by atoms with van der Waals surface area (Å²) in [4.78, 5) is 47.5. The maximum atomic E-state index is 12.3. The molecule has 1 aliphatic heterocycles. The number of hydrogen-bond donors (Lipinski definition) is 1. The van der Waals surface area contributed by atoms with Gasteiger partial charge in [0.15, 0.2) is 0 Å². The van der Waals surface area contributed by atoms with Crippen molar-refractivity contribution in [1.29, 1.82) is 0 Å². The average molecular weight is 353 g/mol. The molecule has 0 bridgehead atoms. The van der Waals surface area contributed by atoms with Gasteiger partial charge in [-0.15, -0.1) is 0 Å². The van der Waals surface area contributed by atoms with Gasteiger partial charge in [0.2, 0.25) is 0 Å². The van der Waals surface area contributed by atoms with Crippen molar-refractivity contribution in [3.63, 3.8) is 0 Å². The second-order valence-corrected chi connectivity index (χ2v) is 5.57. The number of anilines is 1. The van der Waals surface area contributed by atoms with Crippen LogP contribution in [-0.2, 0) is 4.79 Å². The van der Waals surface area contributed by atoms with Crippen LogP contribution in [0.1, 0.15) is 31.1 Å². The van der Waals surface area contributed by atoms with Gasteiger partial charge in [-0.1, -0.05) is 0 Å². The zero-order valence-corrected chi connectivity index (χ0v) is 13.6. The number of ether oxygens (including phenoxy) is 1. The van der Waals surface area contributed by atoms with E-state index >= 15 is 0 Å². The number of rotatable bonds is 5. The van der Waals surface area contributed by atoms with Gasteiger partial charge in [-0.25, -0.2) is 0 Å². The first kappa shape index (κ1) is 17.2. The normalized spacial score (nSPS) is 12.7. The molecule has 0 unspecified atom stereocenters. The lowest BCUT2D eigenvalue weighted by Gasteiger charge is -2.09. The fourth-order valence-electron chi connectivity index (χ4n) is 2.48. The highest BCUT2D eigenvalue weighted by Crippen LogP contribution is 2.23. The lowest BCUT2D eigenvalue weighted by molar-refractivity contribution is -0.307. The minimum absolute atomic E-state index is 0.191. The van der Waals surface area contributed by atoms with Gasteiger partial charge in [-0.3, -0.25) is 19.3 Å². The van der Waals surface area contributed by atoms with Gasteiger partial charge >= 0.3 is 0 Å². The van der Waals surface area contributed by atoms with E-state index in [-0.39, 0.29) is 16.7 Å². The number of carbonyl (C=O) groups excluding carboxylic acids is 4. The Hall–Kier alpha value is -3.68. The SMILES string of the molecule is CN1C(=O)c2ccc(C(=O)Nc3ccc(OCC(=O)[O-])cc3)cc2C1=O. The molecular weight excluding hydrogens is 340 g/mol. The van der Waals surface area contributed by atoms with E-state index in [4.69, 9.17) is 4.74 Å². The van der Waals surface area contributed by atoms with E-state index in [1.54, 1.807) is 12.1 Å². The van der Waals surface area contributed by atoms with Gasteiger partial charge in [0.05, 0.1) is 17.1 Å². The molecule has 132 valence electrons. The van der Waals surface area contributed by atoms with Crippen molar-refractivity contribution in [3.8, 4) is 5.75 Å². The number of fused-ring (bicyclic) bond motifs is 1. The second-order valence-electron chi connectivity index (χ2n) is 5.57. The van der Waals surface area contributed by atoms with Gasteiger partial charge in [-0.05, 0) is 42.5 Å². The second kappa shape index (κ2) is 6.67. The van der Waals surface area contributed by atoms with E-state index in [9.17, 15) is 24.3 Å². The van der Waals surface area contributed by atoms with Crippen LogP contribution >= 0.6 is 0 Å². The van der Waals surface area contributed by atoms with Crippen molar-refractivity contribution in [2.45, 2.75) is 0 Å². The summed E-state index contributed by atoms with van der Waals surface area (Å²) in [7, 11) is 1.38. The molecule has 0 aliphatic carbocycles. The van der Waals surface area contributed by atoms with Crippen LogP contribution in [-0.4, -0.2) is 42.2 Å². The van der Waals surface area contributed by atoms with Crippen LogP contribution < -0.4 is 15.2 Å². The van der Waals surface area contributed by atoms with E-state index in [0.29, 0.717) is 11.4 Å². The number of carbonyl (C=O) groups is 4. The summed E-state index contributed by atoms with van der Waals surface area (Å²) in [5.41, 5.74) is 1.15. The van der Waals surface area contributed by atoms with E-state index in [0.717, 1.165) is 4.90 Å². The number of carboxylic acids is 1. The molecular formula is C18H13N2O6-. The first-order valence-corrected chi connectivity index (χ1v) is 7.57. The van der Waals surface area contributed by atoms with Gasteiger partial charge in [0.1, 0.15) is 12.4 Å². The highest BCUT2D eigenvalue weighted by molar-refractivity contribution is 6.22. The Morgan fingerprint density at radius 3 is 2.35 bits per heavy atom. The molecule has 0 atom stereocenters. The molecule has 0 radical (unpaired) electrons. The fraction of sp³-hybridized carbons (Fsp3) is 0.111. The van der Waals surface area contributed by atoms with Crippen LogP contribution in [0.15, 0.2) is 42.5 Å². The number of nitrogens with zero attached hydrogens (tertiary/aromatic N) is 1. The third-order valence-electron chi connectivity index (χ3n) is 3.82. The zero-order valence-electron chi connectivity index (χ0n) is 13.6. The summed E-state index contributed by atoms with van der Waals surface area (Å²) in [6.07, 6.45) is 0. The van der Waals surface area contributed by atoms with Crippen molar-refractivity contribution < 1.29 is 29.0 Å².